The summed E-state index contributed by atoms with van der Waals surface area (Å²) >= 11 is 0. The van der Waals surface area contributed by atoms with E-state index in [-0.39, 0.29) is 5.92 Å². The van der Waals surface area contributed by atoms with Gasteiger partial charge in [-0.25, -0.2) is 0 Å². The lowest BCUT2D eigenvalue weighted by Gasteiger charge is -2.09. The molecule has 0 aromatic heterocycles. The lowest BCUT2D eigenvalue weighted by Crippen LogP contribution is -1.91. The van der Waals surface area contributed by atoms with Crippen LogP contribution in [0.25, 0.3) is 0 Å². The molecule has 0 saturated heterocycles. The van der Waals surface area contributed by atoms with Gasteiger partial charge >= 0.3 is 0 Å². The van der Waals surface area contributed by atoms with Crippen LogP contribution in [0.4, 0.5) is 0 Å². The van der Waals surface area contributed by atoms with Crippen LogP contribution in [0.3, 0.4) is 0 Å². The molecule has 2 rings (SSSR count). The number of hydrogen-bond donors (Lipinski definition) is 0. The molecule has 0 spiro atoms. The number of methoxy groups -OCH3 is 1. The van der Waals surface area contributed by atoms with Crippen LogP contribution in [-0.2, 0) is 0 Å². The van der Waals surface area contributed by atoms with Gasteiger partial charge in [-0.1, -0.05) is 12.1 Å². The van der Waals surface area contributed by atoms with Gasteiger partial charge < -0.3 is 9.47 Å². The Bertz CT molecular complexity index is 584. The third-order valence-electron chi connectivity index (χ3n) is 2.85. The van der Waals surface area contributed by atoms with E-state index in [0.717, 1.165) is 22.8 Å². The summed E-state index contributed by atoms with van der Waals surface area (Å²) in [5.74, 6) is 2.12. The summed E-state index contributed by atoms with van der Waals surface area (Å²) in [6.45, 7) is 1.87. The molecule has 1 unspecified atom stereocenters. The van der Waals surface area contributed by atoms with Crippen LogP contribution in [0, 0.1) is 11.3 Å². The number of nitrogens with zero attached hydrogens (tertiary/aromatic N) is 1. The van der Waals surface area contributed by atoms with Crippen molar-refractivity contribution < 1.29 is 9.47 Å². The number of hydrogen-bond acceptors (Lipinski definition) is 3. The van der Waals surface area contributed by atoms with Crippen molar-refractivity contribution in [3.8, 4) is 23.3 Å². The summed E-state index contributed by atoms with van der Waals surface area (Å²) in [4.78, 5) is 0. The highest BCUT2D eigenvalue weighted by Gasteiger charge is 2.05. The SMILES string of the molecule is COc1ccc(Oc2cccc(C(C)C#N)c2)cc1. The summed E-state index contributed by atoms with van der Waals surface area (Å²) in [5.41, 5.74) is 0.952. The topological polar surface area (TPSA) is 42.2 Å². The van der Waals surface area contributed by atoms with Gasteiger partial charge in [-0.3, -0.25) is 0 Å². The second kappa shape index (κ2) is 5.92. The van der Waals surface area contributed by atoms with E-state index in [2.05, 4.69) is 6.07 Å². The lowest BCUT2D eigenvalue weighted by molar-refractivity contribution is 0.413. The minimum atomic E-state index is -0.139. The molecule has 0 aliphatic heterocycles. The molecule has 19 heavy (non-hydrogen) atoms. The Labute approximate surface area is 113 Å². The van der Waals surface area contributed by atoms with Crippen LogP contribution in [0.2, 0.25) is 0 Å². The van der Waals surface area contributed by atoms with E-state index in [1.165, 1.54) is 0 Å². The standard InChI is InChI=1S/C16H15NO2/c1-12(11-17)13-4-3-5-16(10-13)19-15-8-6-14(18-2)7-9-15/h3-10,12H,1-2H3. The number of rotatable bonds is 4. The van der Waals surface area contributed by atoms with E-state index in [1.807, 2.05) is 55.5 Å². The lowest BCUT2D eigenvalue weighted by atomic mass is 10.0. The van der Waals surface area contributed by atoms with Gasteiger partial charge in [0.05, 0.1) is 19.1 Å². The first-order chi connectivity index (χ1) is 9.22. The average Bonchev–Trinajstić information content (AvgIpc) is 2.47. The molecule has 0 aliphatic carbocycles. The van der Waals surface area contributed by atoms with Crippen molar-refractivity contribution in [2.45, 2.75) is 12.8 Å². The van der Waals surface area contributed by atoms with Crippen molar-refractivity contribution in [3.05, 3.63) is 54.1 Å². The van der Waals surface area contributed by atoms with E-state index in [0.29, 0.717) is 0 Å². The van der Waals surface area contributed by atoms with Gasteiger partial charge in [0.15, 0.2) is 0 Å². The Kier molecular flexibility index (Phi) is 4.04. The van der Waals surface area contributed by atoms with Crippen LogP contribution in [0.1, 0.15) is 18.4 Å². The fraction of sp³-hybridized carbons (Fsp3) is 0.188. The average molecular weight is 253 g/mol. The van der Waals surface area contributed by atoms with E-state index in [4.69, 9.17) is 14.7 Å². The molecule has 0 fully saturated rings. The zero-order valence-electron chi connectivity index (χ0n) is 11.0. The van der Waals surface area contributed by atoms with Crippen LogP contribution < -0.4 is 9.47 Å². The normalized spacial score (nSPS) is 11.4. The maximum Gasteiger partial charge on any atom is 0.127 e. The van der Waals surface area contributed by atoms with E-state index < -0.39 is 0 Å². The summed E-state index contributed by atoms with van der Waals surface area (Å²) in [6, 6.07) is 17.2. The summed E-state index contributed by atoms with van der Waals surface area (Å²) in [6.07, 6.45) is 0. The molecule has 3 heteroatoms. The van der Waals surface area contributed by atoms with Gasteiger partial charge in [-0.05, 0) is 48.9 Å². The molecule has 2 aromatic carbocycles. The predicted octanol–water partition coefficient (Wildman–Crippen LogP) is 4.11. The number of benzene rings is 2. The van der Waals surface area contributed by atoms with Crippen LogP contribution in [0.15, 0.2) is 48.5 Å². The molecule has 3 nitrogen and oxygen atoms in total. The fourth-order valence-corrected chi connectivity index (χ4v) is 1.70. The van der Waals surface area contributed by atoms with Gasteiger partial charge in [-0.15, -0.1) is 0 Å². The minimum absolute atomic E-state index is 0.139. The van der Waals surface area contributed by atoms with Gasteiger partial charge in [0, 0.05) is 0 Å². The van der Waals surface area contributed by atoms with E-state index in [9.17, 15) is 0 Å². The first kappa shape index (κ1) is 13.0. The minimum Gasteiger partial charge on any atom is -0.497 e. The molecule has 96 valence electrons. The van der Waals surface area contributed by atoms with Crippen LogP contribution >= 0.6 is 0 Å². The Hall–Kier alpha value is -2.47. The molecule has 0 saturated carbocycles. The first-order valence-corrected chi connectivity index (χ1v) is 6.04. The van der Waals surface area contributed by atoms with Crippen molar-refractivity contribution >= 4 is 0 Å². The van der Waals surface area contributed by atoms with Crippen molar-refractivity contribution in [1.29, 1.82) is 5.26 Å². The molecule has 0 aliphatic rings. The molecule has 0 N–H and O–H groups in total. The van der Waals surface area contributed by atoms with Gasteiger partial charge in [-0.2, -0.15) is 5.26 Å². The number of ether oxygens (including phenoxy) is 2. The maximum atomic E-state index is 8.92. The molecular weight excluding hydrogens is 238 g/mol. The highest BCUT2D eigenvalue weighted by molar-refractivity contribution is 5.38. The monoisotopic (exact) mass is 253 g/mol. The summed E-state index contributed by atoms with van der Waals surface area (Å²) < 4.78 is 10.8. The van der Waals surface area contributed by atoms with Gasteiger partial charge in [0.2, 0.25) is 0 Å². The van der Waals surface area contributed by atoms with Crippen molar-refractivity contribution in [3.63, 3.8) is 0 Å². The van der Waals surface area contributed by atoms with Gasteiger partial charge in [0.1, 0.15) is 17.2 Å². The Balaban J connectivity index is 2.16. The van der Waals surface area contributed by atoms with Crippen molar-refractivity contribution in [2.75, 3.05) is 7.11 Å². The third kappa shape index (κ3) is 3.26. The Morgan fingerprint density at radius 1 is 1.00 bits per heavy atom. The maximum absolute atomic E-state index is 8.92. The molecule has 1 atom stereocenters. The van der Waals surface area contributed by atoms with Gasteiger partial charge in [0.25, 0.3) is 0 Å². The summed E-state index contributed by atoms with van der Waals surface area (Å²) in [7, 11) is 1.63. The second-order valence-corrected chi connectivity index (χ2v) is 4.20. The van der Waals surface area contributed by atoms with Crippen LogP contribution in [-0.4, -0.2) is 7.11 Å². The van der Waals surface area contributed by atoms with Crippen molar-refractivity contribution in [2.24, 2.45) is 0 Å². The predicted molar refractivity (Wildman–Crippen MR) is 73.5 cm³/mol. The molecule has 0 amide bonds. The van der Waals surface area contributed by atoms with E-state index in [1.54, 1.807) is 7.11 Å². The first-order valence-electron chi connectivity index (χ1n) is 6.04. The third-order valence-corrected chi connectivity index (χ3v) is 2.85. The Morgan fingerprint density at radius 2 is 1.68 bits per heavy atom. The molecule has 0 heterocycles. The molecule has 2 aromatic rings. The number of nitriles is 1. The van der Waals surface area contributed by atoms with Crippen molar-refractivity contribution in [1.82, 2.24) is 0 Å². The molecule has 0 radical (unpaired) electrons. The molecular formula is C16H15NO2. The smallest absolute Gasteiger partial charge is 0.127 e. The largest absolute Gasteiger partial charge is 0.497 e. The highest BCUT2D eigenvalue weighted by atomic mass is 16.5. The second-order valence-electron chi connectivity index (χ2n) is 4.20. The zero-order valence-corrected chi connectivity index (χ0v) is 11.0. The fourth-order valence-electron chi connectivity index (χ4n) is 1.70. The van der Waals surface area contributed by atoms with E-state index >= 15 is 0 Å². The Morgan fingerprint density at radius 3 is 2.32 bits per heavy atom. The highest BCUT2D eigenvalue weighted by Crippen LogP contribution is 2.26. The zero-order chi connectivity index (χ0) is 13.7. The summed E-state index contributed by atoms with van der Waals surface area (Å²) in [5, 5.41) is 8.92. The quantitative estimate of drug-likeness (QED) is 0.823. The van der Waals surface area contributed by atoms with Crippen LogP contribution in [0.5, 0.6) is 17.2 Å². The molecule has 0 bridgehead atoms.